The van der Waals surface area contributed by atoms with E-state index in [9.17, 15) is 8.42 Å². The van der Waals surface area contributed by atoms with Crippen molar-refractivity contribution in [1.82, 2.24) is 14.5 Å². The second-order valence-corrected chi connectivity index (χ2v) is 7.21. The van der Waals surface area contributed by atoms with E-state index in [1.54, 1.807) is 30.5 Å². The smallest absolute Gasteiger partial charge is 0.242 e. The highest BCUT2D eigenvalue weighted by molar-refractivity contribution is 9.10. The summed E-state index contributed by atoms with van der Waals surface area (Å²) in [6.45, 7) is 0. The van der Waals surface area contributed by atoms with E-state index in [-0.39, 0.29) is 10.9 Å². The minimum absolute atomic E-state index is 0.0579. The molecule has 0 atom stereocenters. The van der Waals surface area contributed by atoms with Crippen LogP contribution in [0.4, 0.5) is 5.82 Å². The van der Waals surface area contributed by atoms with E-state index in [2.05, 4.69) is 25.8 Å². The zero-order chi connectivity index (χ0) is 14.3. The van der Waals surface area contributed by atoms with E-state index < -0.39 is 10.0 Å². The van der Waals surface area contributed by atoms with E-state index in [4.69, 9.17) is 5.73 Å². The molecule has 0 amide bonds. The Balaban J connectivity index is 2.08. The van der Waals surface area contributed by atoms with Crippen molar-refractivity contribution < 1.29 is 8.42 Å². The molecular weight excluding hydrogens is 344 g/mol. The minimum Gasteiger partial charge on any atom is -0.381 e. The van der Waals surface area contributed by atoms with Gasteiger partial charge in [0.15, 0.2) is 5.82 Å². The average molecular weight is 357 g/mol. The number of nitrogens with zero attached hydrogens (tertiary/aromatic N) is 2. The molecule has 1 heterocycles. The van der Waals surface area contributed by atoms with E-state index in [1.807, 2.05) is 0 Å². The van der Waals surface area contributed by atoms with E-state index >= 15 is 0 Å². The summed E-state index contributed by atoms with van der Waals surface area (Å²) < 4.78 is 29.5. The van der Waals surface area contributed by atoms with Crippen LogP contribution in [0.5, 0.6) is 0 Å². The molecule has 1 saturated carbocycles. The first kappa shape index (κ1) is 13.6. The lowest BCUT2D eigenvalue weighted by Gasteiger charge is -2.10. The number of benzene rings is 1. The Morgan fingerprint density at radius 1 is 1.35 bits per heavy atom. The van der Waals surface area contributed by atoms with Gasteiger partial charge < -0.3 is 5.73 Å². The van der Waals surface area contributed by atoms with Gasteiger partial charge in [-0.1, -0.05) is 12.1 Å². The number of halogens is 1. The second-order valence-electron chi connectivity index (χ2n) is 4.67. The number of hydrogen-bond acceptors (Lipinski definition) is 4. The maximum atomic E-state index is 12.4. The lowest BCUT2D eigenvalue weighted by atomic mass is 10.3. The van der Waals surface area contributed by atoms with Gasteiger partial charge in [0.25, 0.3) is 0 Å². The monoisotopic (exact) mass is 356 g/mol. The van der Waals surface area contributed by atoms with Crippen LogP contribution < -0.4 is 10.5 Å². The van der Waals surface area contributed by atoms with Crippen molar-refractivity contribution in [1.29, 1.82) is 0 Å². The topological polar surface area (TPSA) is 90.0 Å². The fraction of sp³-hybridized carbons (Fsp3) is 0.250. The fourth-order valence-electron chi connectivity index (χ4n) is 1.85. The average Bonchev–Trinajstić information content (AvgIpc) is 3.14. The summed E-state index contributed by atoms with van der Waals surface area (Å²) in [6, 6.07) is 6.76. The molecule has 0 unspecified atom stereocenters. The van der Waals surface area contributed by atoms with E-state index in [0.29, 0.717) is 16.0 Å². The first-order chi connectivity index (χ1) is 9.47. The van der Waals surface area contributed by atoms with Crippen molar-refractivity contribution >= 4 is 31.8 Å². The van der Waals surface area contributed by atoms with Crippen LogP contribution in [0.3, 0.4) is 0 Å². The van der Waals surface area contributed by atoms with E-state index in [1.165, 1.54) is 4.68 Å². The Morgan fingerprint density at radius 2 is 2.05 bits per heavy atom. The first-order valence-corrected chi connectivity index (χ1v) is 8.37. The first-order valence-electron chi connectivity index (χ1n) is 6.10. The largest absolute Gasteiger partial charge is 0.381 e. The molecule has 1 fully saturated rings. The zero-order valence-corrected chi connectivity index (χ0v) is 12.9. The molecule has 8 heteroatoms. The molecule has 3 rings (SSSR count). The molecule has 0 radical (unpaired) electrons. The molecular formula is C12H13BrN4O2S. The summed E-state index contributed by atoms with van der Waals surface area (Å²) in [5.41, 5.74) is 6.15. The summed E-state index contributed by atoms with van der Waals surface area (Å²) in [5, 5.41) is 4.10. The Morgan fingerprint density at radius 3 is 2.65 bits per heavy atom. The van der Waals surface area contributed by atoms with Gasteiger partial charge in [-0.25, -0.2) is 17.8 Å². The van der Waals surface area contributed by atoms with Gasteiger partial charge in [-0.05, 0) is 40.9 Å². The highest BCUT2D eigenvalue weighted by atomic mass is 79.9. The molecule has 1 aromatic carbocycles. The minimum atomic E-state index is -3.55. The van der Waals surface area contributed by atoms with Crippen LogP contribution in [0.15, 0.2) is 39.8 Å². The molecule has 1 aliphatic carbocycles. The van der Waals surface area contributed by atoms with Crippen LogP contribution in [-0.4, -0.2) is 24.2 Å². The molecule has 0 spiro atoms. The maximum Gasteiger partial charge on any atom is 0.242 e. The van der Waals surface area contributed by atoms with Crippen molar-refractivity contribution in [3.63, 3.8) is 0 Å². The summed E-state index contributed by atoms with van der Waals surface area (Å²) in [6.07, 6.45) is 3.42. The summed E-state index contributed by atoms with van der Waals surface area (Å²) in [4.78, 5) is 0.196. The highest BCUT2D eigenvalue weighted by Crippen LogP contribution is 2.26. The fourth-order valence-corrected chi connectivity index (χ4v) is 3.62. The van der Waals surface area contributed by atoms with Gasteiger partial charge in [0.05, 0.1) is 10.2 Å². The lowest BCUT2D eigenvalue weighted by molar-refractivity contribution is 0.580. The van der Waals surface area contributed by atoms with Crippen LogP contribution in [0.25, 0.3) is 5.69 Å². The third-order valence-electron chi connectivity index (χ3n) is 3.00. The molecule has 3 N–H and O–H groups in total. The van der Waals surface area contributed by atoms with Crippen molar-refractivity contribution in [3.05, 3.63) is 34.9 Å². The number of nitrogen functional groups attached to an aromatic ring is 1. The normalized spacial score (nSPS) is 15.4. The number of sulfonamides is 1. The van der Waals surface area contributed by atoms with Gasteiger partial charge in [0.2, 0.25) is 10.0 Å². The maximum absolute atomic E-state index is 12.4. The SMILES string of the molecule is Nc1nn(-c2ccccc2S(=O)(=O)NC2CC2)cc1Br. The molecule has 2 aromatic rings. The predicted octanol–water partition coefficient (Wildman–Crippen LogP) is 1.66. The molecule has 6 nitrogen and oxygen atoms in total. The third kappa shape index (κ3) is 2.58. The van der Waals surface area contributed by atoms with Gasteiger partial charge in [-0.15, -0.1) is 5.10 Å². The molecule has 0 saturated heterocycles. The highest BCUT2D eigenvalue weighted by Gasteiger charge is 2.29. The summed E-state index contributed by atoms with van der Waals surface area (Å²) in [5.74, 6) is 0.312. The van der Waals surface area contributed by atoms with Crippen molar-refractivity contribution in [2.45, 2.75) is 23.8 Å². The molecule has 0 bridgehead atoms. The number of aromatic nitrogens is 2. The number of rotatable bonds is 4. The van der Waals surface area contributed by atoms with Crippen molar-refractivity contribution in [3.8, 4) is 5.69 Å². The lowest BCUT2D eigenvalue weighted by Crippen LogP contribution is -2.26. The molecule has 1 aliphatic rings. The zero-order valence-electron chi connectivity index (χ0n) is 10.5. The van der Waals surface area contributed by atoms with E-state index in [0.717, 1.165) is 12.8 Å². The molecule has 0 aliphatic heterocycles. The number of para-hydroxylation sites is 1. The number of anilines is 1. The van der Waals surface area contributed by atoms with Crippen LogP contribution in [-0.2, 0) is 10.0 Å². The quantitative estimate of drug-likeness (QED) is 0.871. The van der Waals surface area contributed by atoms with Crippen molar-refractivity contribution in [2.24, 2.45) is 0 Å². The number of hydrogen-bond donors (Lipinski definition) is 2. The number of nitrogens with two attached hydrogens (primary N) is 1. The van der Waals surface area contributed by atoms with Gasteiger partial charge in [0, 0.05) is 12.2 Å². The number of nitrogens with one attached hydrogen (secondary N) is 1. The Bertz CT molecular complexity index is 733. The predicted molar refractivity (Wildman–Crippen MR) is 79.0 cm³/mol. The molecule has 20 heavy (non-hydrogen) atoms. The van der Waals surface area contributed by atoms with Gasteiger partial charge in [-0.2, -0.15) is 0 Å². The van der Waals surface area contributed by atoms with Crippen LogP contribution in [0.1, 0.15) is 12.8 Å². The van der Waals surface area contributed by atoms with Crippen LogP contribution >= 0.6 is 15.9 Å². The Kier molecular flexibility index (Phi) is 3.31. The van der Waals surface area contributed by atoms with Crippen molar-refractivity contribution in [2.75, 3.05) is 5.73 Å². The third-order valence-corrected chi connectivity index (χ3v) is 5.18. The summed E-state index contributed by atoms with van der Waals surface area (Å²) >= 11 is 3.27. The van der Waals surface area contributed by atoms with Gasteiger partial charge >= 0.3 is 0 Å². The molecule has 1 aromatic heterocycles. The standard InChI is InChI=1S/C12H13BrN4O2S/c13-9-7-17(15-12(9)14)10-3-1-2-4-11(10)20(18,19)16-8-5-6-8/h1-4,7-8,16H,5-6H2,(H2,14,15). The van der Waals surface area contributed by atoms with Gasteiger partial charge in [-0.3, -0.25) is 0 Å². The van der Waals surface area contributed by atoms with Crippen LogP contribution in [0, 0.1) is 0 Å². The summed E-state index contributed by atoms with van der Waals surface area (Å²) in [7, 11) is -3.55. The molecule has 106 valence electrons. The van der Waals surface area contributed by atoms with Gasteiger partial charge in [0.1, 0.15) is 4.90 Å². The van der Waals surface area contributed by atoms with Crippen LogP contribution in [0.2, 0.25) is 0 Å². The Hall–Kier alpha value is -1.38. The second kappa shape index (κ2) is 4.87. The Labute approximate surface area is 125 Å².